The molecule has 4 heterocycles. The molecule has 2 bridgehead atoms. The molecule has 3 amide bonds. The van der Waals surface area contributed by atoms with Crippen LogP contribution in [0.15, 0.2) is 18.2 Å². The van der Waals surface area contributed by atoms with Crippen LogP contribution in [0.2, 0.25) is 0 Å². The number of aliphatic hydroxyl groups is 1. The largest absolute Gasteiger partial charge is 0.497 e. The fourth-order valence-electron chi connectivity index (χ4n) is 6.34. The standard InChI is InChI=1S/C25H33N3O5/c1-33-18-5-6-19-17(15-18)9-13-27-22(19)20-3-2-4-21(23(27)30)28(20)25(32)24(31)26-11-7-16(8-12-26)10-14-29/h5-6,15-16,20-22,29H,2-4,7-14H2,1H3. The fourth-order valence-corrected chi connectivity index (χ4v) is 6.34. The highest BCUT2D eigenvalue weighted by molar-refractivity contribution is 6.35. The summed E-state index contributed by atoms with van der Waals surface area (Å²) in [5.41, 5.74) is 2.22. The third kappa shape index (κ3) is 3.78. The molecule has 8 nitrogen and oxygen atoms in total. The molecular formula is C25H33N3O5. The molecule has 178 valence electrons. The number of piperidine rings is 2. The molecule has 0 aromatic heterocycles. The lowest BCUT2D eigenvalue weighted by Crippen LogP contribution is -2.69. The van der Waals surface area contributed by atoms with Gasteiger partial charge in [0.15, 0.2) is 0 Å². The smallest absolute Gasteiger partial charge is 0.313 e. The van der Waals surface area contributed by atoms with E-state index in [2.05, 4.69) is 0 Å². The molecule has 0 spiro atoms. The Hall–Kier alpha value is -2.61. The number of nitrogens with zero attached hydrogens (tertiary/aromatic N) is 3. The van der Waals surface area contributed by atoms with Crippen molar-refractivity contribution in [1.82, 2.24) is 14.7 Å². The van der Waals surface area contributed by atoms with Crippen LogP contribution in [-0.2, 0) is 20.8 Å². The Morgan fingerprint density at radius 1 is 1.09 bits per heavy atom. The summed E-state index contributed by atoms with van der Waals surface area (Å²) >= 11 is 0. The predicted octanol–water partition coefficient (Wildman–Crippen LogP) is 1.51. The maximum Gasteiger partial charge on any atom is 0.313 e. The third-order valence-corrected chi connectivity index (χ3v) is 8.09. The Bertz CT molecular complexity index is 942. The number of fused-ring (bicyclic) bond motifs is 6. The average Bonchev–Trinajstić information content (AvgIpc) is 2.86. The Morgan fingerprint density at radius 3 is 2.61 bits per heavy atom. The number of carbonyl (C=O) groups is 3. The van der Waals surface area contributed by atoms with Crippen LogP contribution < -0.4 is 4.74 Å². The first kappa shape index (κ1) is 22.2. The van der Waals surface area contributed by atoms with Crippen molar-refractivity contribution in [3.8, 4) is 5.75 Å². The van der Waals surface area contributed by atoms with Crippen molar-refractivity contribution >= 4 is 17.7 Å². The molecule has 3 saturated heterocycles. The first-order valence-electron chi connectivity index (χ1n) is 12.2. The van der Waals surface area contributed by atoms with Gasteiger partial charge in [0.25, 0.3) is 0 Å². The fraction of sp³-hybridized carbons (Fsp3) is 0.640. The SMILES string of the molecule is COc1ccc2c(c1)CCN1C(=O)C3CCCC(C21)N3C(=O)C(=O)N1CCC(CCO)CC1. The maximum atomic E-state index is 13.6. The second-order valence-electron chi connectivity index (χ2n) is 9.77. The monoisotopic (exact) mass is 455 g/mol. The van der Waals surface area contributed by atoms with Crippen molar-refractivity contribution in [2.75, 3.05) is 33.4 Å². The first-order chi connectivity index (χ1) is 16.0. The molecule has 5 rings (SSSR count). The zero-order valence-corrected chi connectivity index (χ0v) is 19.2. The predicted molar refractivity (Wildman–Crippen MR) is 120 cm³/mol. The summed E-state index contributed by atoms with van der Waals surface area (Å²) in [5.74, 6) is 0.147. The van der Waals surface area contributed by atoms with Crippen molar-refractivity contribution in [3.05, 3.63) is 29.3 Å². The number of rotatable bonds is 3. The number of benzene rings is 1. The minimum atomic E-state index is -0.539. The van der Waals surface area contributed by atoms with Gasteiger partial charge in [-0.25, -0.2) is 0 Å². The van der Waals surface area contributed by atoms with Gasteiger partial charge in [-0.05, 0) is 74.1 Å². The summed E-state index contributed by atoms with van der Waals surface area (Å²) in [7, 11) is 1.64. The van der Waals surface area contributed by atoms with E-state index < -0.39 is 17.9 Å². The van der Waals surface area contributed by atoms with Gasteiger partial charge in [-0.15, -0.1) is 0 Å². The average molecular weight is 456 g/mol. The van der Waals surface area contributed by atoms with E-state index in [0.717, 1.165) is 55.4 Å². The van der Waals surface area contributed by atoms with Gasteiger partial charge in [0, 0.05) is 26.2 Å². The quantitative estimate of drug-likeness (QED) is 0.698. The van der Waals surface area contributed by atoms with Gasteiger partial charge in [-0.2, -0.15) is 0 Å². The van der Waals surface area contributed by atoms with Crippen molar-refractivity contribution in [1.29, 1.82) is 0 Å². The minimum absolute atomic E-state index is 0.0276. The summed E-state index contributed by atoms with van der Waals surface area (Å²) in [4.78, 5) is 45.5. The maximum absolute atomic E-state index is 13.6. The molecule has 1 aromatic rings. The Labute approximate surface area is 194 Å². The zero-order valence-electron chi connectivity index (χ0n) is 19.2. The molecule has 0 saturated carbocycles. The van der Waals surface area contributed by atoms with Crippen molar-refractivity contribution < 1.29 is 24.2 Å². The number of aliphatic hydroxyl groups excluding tert-OH is 1. The highest BCUT2D eigenvalue weighted by Crippen LogP contribution is 2.45. The molecular weight excluding hydrogens is 422 g/mol. The van der Waals surface area contributed by atoms with E-state index in [1.165, 1.54) is 0 Å². The van der Waals surface area contributed by atoms with E-state index in [-0.39, 0.29) is 24.6 Å². The number of methoxy groups -OCH3 is 1. The lowest BCUT2D eigenvalue weighted by molar-refractivity contribution is -0.171. The van der Waals surface area contributed by atoms with Crippen LogP contribution in [0, 0.1) is 5.92 Å². The number of hydrogen-bond donors (Lipinski definition) is 1. The number of likely N-dealkylation sites (tertiary alicyclic amines) is 1. The molecule has 3 unspecified atom stereocenters. The molecule has 8 heteroatoms. The van der Waals surface area contributed by atoms with Gasteiger partial charge in [-0.1, -0.05) is 6.07 Å². The lowest BCUT2D eigenvalue weighted by Gasteiger charge is -2.55. The molecule has 0 radical (unpaired) electrons. The highest BCUT2D eigenvalue weighted by Gasteiger charge is 2.53. The van der Waals surface area contributed by atoms with Gasteiger partial charge in [0.05, 0.1) is 19.2 Å². The summed E-state index contributed by atoms with van der Waals surface area (Å²) in [6.07, 6.45) is 5.39. The second kappa shape index (κ2) is 8.97. The Balaban J connectivity index is 1.41. The Kier molecular flexibility index (Phi) is 6.03. The second-order valence-corrected chi connectivity index (χ2v) is 9.77. The molecule has 3 atom stereocenters. The minimum Gasteiger partial charge on any atom is -0.497 e. The molecule has 3 fully saturated rings. The normalized spacial score (nSPS) is 27.2. The van der Waals surface area contributed by atoms with Crippen molar-refractivity contribution in [2.24, 2.45) is 5.92 Å². The summed E-state index contributed by atoms with van der Waals surface area (Å²) in [6.45, 7) is 1.85. The lowest BCUT2D eigenvalue weighted by atomic mass is 9.78. The van der Waals surface area contributed by atoms with E-state index in [1.54, 1.807) is 16.9 Å². The van der Waals surface area contributed by atoms with E-state index in [9.17, 15) is 19.5 Å². The number of carbonyl (C=O) groups excluding carboxylic acids is 3. The van der Waals surface area contributed by atoms with E-state index >= 15 is 0 Å². The van der Waals surface area contributed by atoms with Gasteiger partial charge in [-0.3, -0.25) is 14.4 Å². The molecule has 4 aliphatic rings. The molecule has 1 N–H and O–H groups in total. The molecule has 4 aliphatic heterocycles. The number of amides is 3. The van der Waals surface area contributed by atoms with Crippen LogP contribution in [0.5, 0.6) is 5.75 Å². The first-order valence-corrected chi connectivity index (χ1v) is 12.2. The third-order valence-electron chi connectivity index (χ3n) is 8.09. The van der Waals surface area contributed by atoms with Crippen LogP contribution in [0.1, 0.15) is 55.7 Å². The van der Waals surface area contributed by atoms with Crippen LogP contribution >= 0.6 is 0 Å². The molecule has 33 heavy (non-hydrogen) atoms. The van der Waals surface area contributed by atoms with E-state index in [0.29, 0.717) is 32.0 Å². The molecule has 1 aromatic carbocycles. The number of ether oxygens (including phenoxy) is 1. The zero-order chi connectivity index (χ0) is 23.1. The van der Waals surface area contributed by atoms with Crippen LogP contribution in [-0.4, -0.2) is 83.0 Å². The van der Waals surface area contributed by atoms with Gasteiger partial charge < -0.3 is 24.5 Å². The van der Waals surface area contributed by atoms with Crippen LogP contribution in [0.4, 0.5) is 0 Å². The van der Waals surface area contributed by atoms with E-state index in [4.69, 9.17) is 4.74 Å². The van der Waals surface area contributed by atoms with Crippen LogP contribution in [0.3, 0.4) is 0 Å². The summed E-state index contributed by atoms with van der Waals surface area (Å²) in [6, 6.07) is 5.02. The topological polar surface area (TPSA) is 90.4 Å². The summed E-state index contributed by atoms with van der Waals surface area (Å²) < 4.78 is 5.39. The summed E-state index contributed by atoms with van der Waals surface area (Å²) in [5, 5.41) is 9.18. The number of piperazine rings is 1. The van der Waals surface area contributed by atoms with Crippen molar-refractivity contribution in [2.45, 2.75) is 63.1 Å². The molecule has 0 aliphatic carbocycles. The van der Waals surface area contributed by atoms with Gasteiger partial charge in [0.2, 0.25) is 5.91 Å². The number of hydrogen-bond acceptors (Lipinski definition) is 5. The van der Waals surface area contributed by atoms with Gasteiger partial charge >= 0.3 is 11.8 Å². The van der Waals surface area contributed by atoms with Crippen LogP contribution in [0.25, 0.3) is 0 Å². The Morgan fingerprint density at radius 2 is 1.88 bits per heavy atom. The van der Waals surface area contributed by atoms with Gasteiger partial charge in [0.1, 0.15) is 11.8 Å². The highest BCUT2D eigenvalue weighted by atomic mass is 16.5. The van der Waals surface area contributed by atoms with Crippen molar-refractivity contribution in [3.63, 3.8) is 0 Å². The van der Waals surface area contributed by atoms with E-state index in [1.807, 2.05) is 23.1 Å².